The predicted octanol–water partition coefficient (Wildman–Crippen LogP) is 1.81. The fraction of sp³-hybridized carbons (Fsp3) is 0.462. The molecule has 0 amide bonds. The zero-order valence-corrected chi connectivity index (χ0v) is 10.1. The predicted molar refractivity (Wildman–Crippen MR) is 62.3 cm³/mol. The molecule has 4 nitrogen and oxygen atoms in total. The second-order valence-electron chi connectivity index (χ2n) is 3.94. The summed E-state index contributed by atoms with van der Waals surface area (Å²) in [7, 11) is 1.62. The molecule has 1 aliphatic heterocycles. The number of ether oxygens (including phenoxy) is 3. The van der Waals surface area contributed by atoms with Gasteiger partial charge in [0.25, 0.3) is 0 Å². The van der Waals surface area contributed by atoms with Gasteiger partial charge in [-0.15, -0.1) is 0 Å². The molecule has 0 aliphatic carbocycles. The third kappa shape index (κ3) is 2.52. The van der Waals surface area contributed by atoms with E-state index in [1.165, 1.54) is 0 Å². The first-order valence-corrected chi connectivity index (χ1v) is 5.71. The Balaban J connectivity index is 2.14. The van der Waals surface area contributed by atoms with Crippen LogP contribution in [-0.2, 0) is 16.0 Å². The van der Waals surface area contributed by atoms with Crippen molar-refractivity contribution in [2.45, 2.75) is 13.3 Å². The van der Waals surface area contributed by atoms with Crippen LogP contribution in [0.15, 0.2) is 18.2 Å². The molecule has 17 heavy (non-hydrogen) atoms. The van der Waals surface area contributed by atoms with E-state index in [9.17, 15) is 4.79 Å². The second-order valence-corrected chi connectivity index (χ2v) is 3.94. The van der Waals surface area contributed by atoms with Crippen molar-refractivity contribution in [3.63, 3.8) is 0 Å². The van der Waals surface area contributed by atoms with E-state index in [4.69, 9.17) is 14.2 Å². The van der Waals surface area contributed by atoms with Crippen LogP contribution in [0.4, 0.5) is 0 Å². The number of carbonyl (C=O) groups excluding carboxylic acids is 1. The maximum Gasteiger partial charge on any atom is 0.312 e. The van der Waals surface area contributed by atoms with Gasteiger partial charge in [0.15, 0.2) is 0 Å². The smallest absolute Gasteiger partial charge is 0.312 e. The summed E-state index contributed by atoms with van der Waals surface area (Å²) in [5, 5.41) is 0. The molecular weight excluding hydrogens is 220 g/mol. The number of hydrogen-bond acceptors (Lipinski definition) is 4. The molecule has 0 bridgehead atoms. The van der Waals surface area contributed by atoms with Gasteiger partial charge in [-0.2, -0.15) is 0 Å². The lowest BCUT2D eigenvalue weighted by Crippen LogP contribution is -2.29. The van der Waals surface area contributed by atoms with Crippen molar-refractivity contribution in [2.75, 3.05) is 20.3 Å². The lowest BCUT2D eigenvalue weighted by atomic mass is 9.96. The fourth-order valence-corrected chi connectivity index (χ4v) is 1.91. The Morgan fingerprint density at radius 2 is 2.35 bits per heavy atom. The van der Waals surface area contributed by atoms with Gasteiger partial charge in [-0.1, -0.05) is 0 Å². The minimum absolute atomic E-state index is 0.194. The number of benzene rings is 1. The Morgan fingerprint density at radius 3 is 3.06 bits per heavy atom. The second kappa shape index (κ2) is 5.08. The molecule has 1 atom stereocenters. The minimum atomic E-state index is -0.213. The highest BCUT2D eigenvalue weighted by Gasteiger charge is 2.27. The molecule has 1 unspecified atom stereocenters. The largest absolute Gasteiger partial charge is 0.497 e. The summed E-state index contributed by atoms with van der Waals surface area (Å²) in [4.78, 5) is 11.6. The zero-order chi connectivity index (χ0) is 12.3. The van der Waals surface area contributed by atoms with Crippen LogP contribution in [0.25, 0.3) is 0 Å². The standard InChI is InChI=1S/C13H16O4/c1-3-16-13(14)10-6-9-7-11(15-2)4-5-12(9)17-8-10/h4-5,7,10H,3,6,8H2,1-2H3. The summed E-state index contributed by atoms with van der Waals surface area (Å²) in [6.07, 6.45) is 0.644. The summed E-state index contributed by atoms with van der Waals surface area (Å²) in [5.41, 5.74) is 0.994. The quantitative estimate of drug-likeness (QED) is 0.751. The average Bonchev–Trinajstić information content (AvgIpc) is 2.37. The SMILES string of the molecule is CCOC(=O)C1COc2ccc(OC)cc2C1. The molecule has 0 saturated heterocycles. The van der Waals surface area contributed by atoms with Crippen LogP contribution >= 0.6 is 0 Å². The number of fused-ring (bicyclic) bond motifs is 1. The summed E-state index contributed by atoms with van der Waals surface area (Å²) in [6.45, 7) is 2.59. The maximum atomic E-state index is 11.6. The van der Waals surface area contributed by atoms with E-state index in [0.29, 0.717) is 19.6 Å². The highest BCUT2D eigenvalue weighted by atomic mass is 16.5. The van der Waals surface area contributed by atoms with Crippen molar-refractivity contribution in [3.8, 4) is 11.5 Å². The molecular formula is C13H16O4. The Morgan fingerprint density at radius 1 is 1.53 bits per heavy atom. The average molecular weight is 236 g/mol. The highest BCUT2D eigenvalue weighted by molar-refractivity contribution is 5.73. The van der Waals surface area contributed by atoms with Crippen LogP contribution in [-0.4, -0.2) is 26.3 Å². The fourth-order valence-electron chi connectivity index (χ4n) is 1.91. The Hall–Kier alpha value is -1.71. The summed E-state index contributed by atoms with van der Waals surface area (Å²) in [5.74, 6) is 1.19. The molecule has 1 aromatic rings. The van der Waals surface area contributed by atoms with E-state index in [1.54, 1.807) is 14.0 Å². The van der Waals surface area contributed by atoms with Gasteiger partial charge in [-0.05, 0) is 37.1 Å². The minimum Gasteiger partial charge on any atom is -0.497 e. The van der Waals surface area contributed by atoms with E-state index in [0.717, 1.165) is 17.1 Å². The van der Waals surface area contributed by atoms with E-state index in [2.05, 4.69) is 0 Å². The van der Waals surface area contributed by atoms with Crippen molar-refractivity contribution in [3.05, 3.63) is 23.8 Å². The Labute approximate surface area is 100 Å². The Kier molecular flexibility index (Phi) is 3.52. The maximum absolute atomic E-state index is 11.6. The first-order chi connectivity index (χ1) is 8.24. The molecule has 0 spiro atoms. The number of carbonyl (C=O) groups is 1. The van der Waals surface area contributed by atoms with Gasteiger partial charge >= 0.3 is 5.97 Å². The Bertz CT molecular complexity index is 414. The van der Waals surface area contributed by atoms with Crippen molar-refractivity contribution in [2.24, 2.45) is 5.92 Å². The van der Waals surface area contributed by atoms with Crippen LogP contribution < -0.4 is 9.47 Å². The third-order valence-corrected chi connectivity index (χ3v) is 2.79. The van der Waals surface area contributed by atoms with E-state index in [-0.39, 0.29) is 11.9 Å². The van der Waals surface area contributed by atoms with Gasteiger partial charge in [0.05, 0.1) is 19.6 Å². The first-order valence-electron chi connectivity index (χ1n) is 5.71. The van der Waals surface area contributed by atoms with E-state index < -0.39 is 0 Å². The molecule has 1 aromatic carbocycles. The van der Waals surface area contributed by atoms with Gasteiger partial charge in [-0.3, -0.25) is 4.79 Å². The monoisotopic (exact) mass is 236 g/mol. The zero-order valence-electron chi connectivity index (χ0n) is 10.1. The number of esters is 1. The molecule has 1 aliphatic rings. The summed E-state index contributed by atoms with van der Waals surface area (Å²) < 4.78 is 15.7. The molecule has 0 N–H and O–H groups in total. The first kappa shape index (κ1) is 11.8. The van der Waals surface area contributed by atoms with Gasteiger partial charge in [-0.25, -0.2) is 0 Å². The third-order valence-electron chi connectivity index (χ3n) is 2.79. The molecule has 92 valence electrons. The van der Waals surface area contributed by atoms with Crippen LogP contribution in [0.5, 0.6) is 11.5 Å². The van der Waals surface area contributed by atoms with Crippen LogP contribution in [0.1, 0.15) is 12.5 Å². The van der Waals surface area contributed by atoms with Crippen molar-refractivity contribution >= 4 is 5.97 Å². The summed E-state index contributed by atoms with van der Waals surface area (Å²) >= 11 is 0. The molecule has 4 heteroatoms. The van der Waals surface area contributed by atoms with Crippen molar-refractivity contribution in [1.82, 2.24) is 0 Å². The topological polar surface area (TPSA) is 44.8 Å². The molecule has 0 radical (unpaired) electrons. The van der Waals surface area contributed by atoms with Gasteiger partial charge < -0.3 is 14.2 Å². The van der Waals surface area contributed by atoms with Gasteiger partial charge in [0.2, 0.25) is 0 Å². The molecule has 2 rings (SSSR count). The summed E-state index contributed by atoms with van der Waals surface area (Å²) in [6, 6.07) is 5.62. The molecule has 0 aromatic heterocycles. The van der Waals surface area contributed by atoms with Gasteiger partial charge in [0, 0.05) is 0 Å². The van der Waals surface area contributed by atoms with E-state index >= 15 is 0 Å². The van der Waals surface area contributed by atoms with Gasteiger partial charge in [0.1, 0.15) is 18.1 Å². The van der Waals surface area contributed by atoms with Crippen molar-refractivity contribution < 1.29 is 19.0 Å². The van der Waals surface area contributed by atoms with Crippen LogP contribution in [0.3, 0.4) is 0 Å². The lowest BCUT2D eigenvalue weighted by Gasteiger charge is -2.24. The molecule has 1 heterocycles. The lowest BCUT2D eigenvalue weighted by molar-refractivity contribution is -0.149. The normalized spacial score (nSPS) is 17.9. The van der Waals surface area contributed by atoms with Crippen LogP contribution in [0, 0.1) is 5.92 Å². The highest BCUT2D eigenvalue weighted by Crippen LogP contribution is 2.30. The van der Waals surface area contributed by atoms with E-state index in [1.807, 2.05) is 18.2 Å². The number of rotatable bonds is 3. The molecule has 0 saturated carbocycles. The molecule has 0 fully saturated rings. The number of methoxy groups -OCH3 is 1. The number of hydrogen-bond donors (Lipinski definition) is 0. The van der Waals surface area contributed by atoms with Crippen LogP contribution in [0.2, 0.25) is 0 Å². The van der Waals surface area contributed by atoms with Crippen molar-refractivity contribution in [1.29, 1.82) is 0 Å².